The van der Waals surface area contributed by atoms with E-state index in [-0.39, 0.29) is 5.91 Å². The van der Waals surface area contributed by atoms with Gasteiger partial charge in [-0.25, -0.2) is 9.97 Å². The van der Waals surface area contributed by atoms with Gasteiger partial charge in [0.15, 0.2) is 0 Å². The minimum Gasteiger partial charge on any atom is -0.378 e. The van der Waals surface area contributed by atoms with Crippen LogP contribution < -0.4 is 15.1 Å². The Labute approximate surface area is 155 Å². The molecule has 26 heavy (non-hydrogen) atoms. The standard InChI is InChI=1S/C20H27N5O/c1-4-16-7-5-6-12-25(16)19-14-21-18(13-22-19)20(26)23-15-8-10-17(11-9-15)24(2)3/h8-11,13-14,16H,4-7,12H2,1-3H3,(H,23,26). The van der Waals surface area contributed by atoms with Gasteiger partial charge < -0.3 is 15.1 Å². The van der Waals surface area contributed by atoms with Crippen LogP contribution in [-0.2, 0) is 0 Å². The molecule has 1 aromatic carbocycles. The molecule has 0 spiro atoms. The molecule has 3 rings (SSSR count). The summed E-state index contributed by atoms with van der Waals surface area (Å²) in [6.45, 7) is 3.22. The Balaban J connectivity index is 1.66. The van der Waals surface area contributed by atoms with Crippen LogP contribution in [0.15, 0.2) is 36.7 Å². The topological polar surface area (TPSA) is 61.4 Å². The Morgan fingerprint density at radius 1 is 1.19 bits per heavy atom. The van der Waals surface area contributed by atoms with E-state index in [1.165, 1.54) is 19.3 Å². The summed E-state index contributed by atoms with van der Waals surface area (Å²) in [5.41, 5.74) is 2.16. The monoisotopic (exact) mass is 353 g/mol. The molecular formula is C20H27N5O. The minimum atomic E-state index is -0.243. The zero-order valence-electron chi connectivity index (χ0n) is 15.8. The molecule has 2 heterocycles. The Kier molecular flexibility index (Phi) is 5.71. The third-order valence-electron chi connectivity index (χ3n) is 4.91. The molecule has 6 heteroatoms. The second-order valence-electron chi connectivity index (χ2n) is 6.91. The third kappa shape index (κ3) is 4.12. The van der Waals surface area contributed by atoms with Crippen molar-refractivity contribution in [2.75, 3.05) is 35.8 Å². The molecule has 6 nitrogen and oxygen atoms in total. The number of aromatic nitrogens is 2. The molecule has 1 atom stereocenters. The number of nitrogens with zero attached hydrogens (tertiary/aromatic N) is 4. The molecule has 2 aromatic rings. The normalized spacial score (nSPS) is 17.0. The van der Waals surface area contributed by atoms with Gasteiger partial charge in [-0.1, -0.05) is 6.92 Å². The van der Waals surface area contributed by atoms with Crippen molar-refractivity contribution in [1.29, 1.82) is 0 Å². The first-order valence-corrected chi connectivity index (χ1v) is 9.26. The quantitative estimate of drug-likeness (QED) is 0.890. The molecule has 0 bridgehead atoms. The van der Waals surface area contributed by atoms with Crippen molar-refractivity contribution in [1.82, 2.24) is 9.97 Å². The minimum absolute atomic E-state index is 0.243. The summed E-state index contributed by atoms with van der Waals surface area (Å²) in [4.78, 5) is 25.6. The molecule has 0 aliphatic carbocycles. The van der Waals surface area contributed by atoms with E-state index in [1.54, 1.807) is 12.4 Å². The highest BCUT2D eigenvalue weighted by Gasteiger charge is 2.22. The summed E-state index contributed by atoms with van der Waals surface area (Å²) >= 11 is 0. The van der Waals surface area contributed by atoms with E-state index in [4.69, 9.17) is 0 Å². The summed E-state index contributed by atoms with van der Waals surface area (Å²) in [5.74, 6) is 0.621. The van der Waals surface area contributed by atoms with Crippen molar-refractivity contribution in [2.24, 2.45) is 0 Å². The second kappa shape index (κ2) is 8.17. The Morgan fingerprint density at radius 3 is 2.58 bits per heavy atom. The van der Waals surface area contributed by atoms with E-state index < -0.39 is 0 Å². The molecule has 1 amide bonds. The number of piperidine rings is 1. The van der Waals surface area contributed by atoms with E-state index in [0.29, 0.717) is 11.7 Å². The molecule has 1 N–H and O–H groups in total. The molecular weight excluding hydrogens is 326 g/mol. The lowest BCUT2D eigenvalue weighted by Crippen LogP contribution is -2.39. The van der Waals surface area contributed by atoms with Crippen LogP contribution in [0.5, 0.6) is 0 Å². The van der Waals surface area contributed by atoms with E-state index in [2.05, 4.69) is 27.1 Å². The highest BCUT2D eigenvalue weighted by Crippen LogP contribution is 2.24. The number of anilines is 3. The number of benzene rings is 1. The fourth-order valence-electron chi connectivity index (χ4n) is 3.35. The largest absolute Gasteiger partial charge is 0.378 e. The highest BCUT2D eigenvalue weighted by atomic mass is 16.1. The van der Waals surface area contributed by atoms with E-state index >= 15 is 0 Å². The Morgan fingerprint density at radius 2 is 1.96 bits per heavy atom. The van der Waals surface area contributed by atoms with Gasteiger partial charge in [0.25, 0.3) is 5.91 Å². The molecule has 0 radical (unpaired) electrons. The predicted molar refractivity (Wildman–Crippen MR) is 106 cm³/mol. The smallest absolute Gasteiger partial charge is 0.275 e. The van der Waals surface area contributed by atoms with Crippen LogP contribution >= 0.6 is 0 Å². The second-order valence-corrected chi connectivity index (χ2v) is 6.91. The number of rotatable bonds is 5. The summed E-state index contributed by atoms with van der Waals surface area (Å²) in [5, 5.41) is 2.87. The van der Waals surface area contributed by atoms with Gasteiger partial charge in [-0.3, -0.25) is 4.79 Å². The zero-order valence-corrected chi connectivity index (χ0v) is 15.8. The molecule has 1 saturated heterocycles. The average Bonchev–Trinajstić information content (AvgIpc) is 2.68. The first-order chi connectivity index (χ1) is 12.6. The molecule has 0 saturated carbocycles. The maximum atomic E-state index is 12.4. The summed E-state index contributed by atoms with van der Waals surface area (Å²) in [6, 6.07) is 8.22. The molecule has 1 aliphatic rings. The number of hydrogen-bond acceptors (Lipinski definition) is 5. The number of amides is 1. The van der Waals surface area contributed by atoms with Gasteiger partial charge in [0.05, 0.1) is 12.4 Å². The highest BCUT2D eigenvalue weighted by molar-refractivity contribution is 6.02. The summed E-state index contributed by atoms with van der Waals surface area (Å²) in [7, 11) is 3.96. The zero-order chi connectivity index (χ0) is 18.5. The maximum Gasteiger partial charge on any atom is 0.275 e. The van der Waals surface area contributed by atoms with Crippen LogP contribution in [0.3, 0.4) is 0 Å². The molecule has 138 valence electrons. The number of carbonyl (C=O) groups excluding carboxylic acids is 1. The van der Waals surface area contributed by atoms with Gasteiger partial charge in [0, 0.05) is 38.1 Å². The average molecular weight is 353 g/mol. The molecule has 1 aromatic heterocycles. The fourth-order valence-corrected chi connectivity index (χ4v) is 3.35. The Hall–Kier alpha value is -2.63. The van der Waals surface area contributed by atoms with Crippen LogP contribution in [0.2, 0.25) is 0 Å². The lowest BCUT2D eigenvalue weighted by molar-refractivity contribution is 0.102. The van der Waals surface area contributed by atoms with Crippen molar-refractivity contribution in [3.8, 4) is 0 Å². The SMILES string of the molecule is CCC1CCCCN1c1cnc(C(=O)Nc2ccc(N(C)C)cc2)cn1. The molecule has 1 unspecified atom stereocenters. The first-order valence-electron chi connectivity index (χ1n) is 9.26. The van der Waals surface area contributed by atoms with Crippen LogP contribution in [0.4, 0.5) is 17.2 Å². The van der Waals surface area contributed by atoms with Gasteiger partial charge in [-0.15, -0.1) is 0 Å². The molecule has 1 aliphatic heterocycles. The van der Waals surface area contributed by atoms with Gasteiger partial charge in [-0.2, -0.15) is 0 Å². The van der Waals surface area contributed by atoms with Crippen molar-refractivity contribution >= 4 is 23.1 Å². The van der Waals surface area contributed by atoms with Crippen molar-refractivity contribution in [2.45, 2.75) is 38.6 Å². The van der Waals surface area contributed by atoms with Crippen LogP contribution in [0.1, 0.15) is 43.1 Å². The molecule has 1 fully saturated rings. The van der Waals surface area contributed by atoms with Crippen molar-refractivity contribution < 1.29 is 4.79 Å². The van der Waals surface area contributed by atoms with Crippen LogP contribution in [-0.4, -0.2) is 42.6 Å². The Bertz CT molecular complexity index is 727. The number of hydrogen-bond donors (Lipinski definition) is 1. The van der Waals surface area contributed by atoms with Gasteiger partial charge in [-0.05, 0) is 49.9 Å². The summed E-state index contributed by atoms with van der Waals surface area (Å²) in [6.07, 6.45) is 8.05. The van der Waals surface area contributed by atoms with Crippen LogP contribution in [0, 0.1) is 0 Å². The summed E-state index contributed by atoms with van der Waals surface area (Å²) < 4.78 is 0. The van der Waals surface area contributed by atoms with Gasteiger partial charge in [0.1, 0.15) is 11.5 Å². The maximum absolute atomic E-state index is 12.4. The van der Waals surface area contributed by atoms with E-state index in [0.717, 1.165) is 30.2 Å². The number of carbonyl (C=O) groups is 1. The van der Waals surface area contributed by atoms with E-state index in [1.807, 2.05) is 43.3 Å². The predicted octanol–water partition coefficient (Wildman–Crippen LogP) is 3.56. The van der Waals surface area contributed by atoms with Gasteiger partial charge >= 0.3 is 0 Å². The van der Waals surface area contributed by atoms with E-state index in [9.17, 15) is 4.79 Å². The lowest BCUT2D eigenvalue weighted by atomic mass is 10.0. The van der Waals surface area contributed by atoms with Crippen molar-refractivity contribution in [3.63, 3.8) is 0 Å². The van der Waals surface area contributed by atoms with Crippen LogP contribution in [0.25, 0.3) is 0 Å². The van der Waals surface area contributed by atoms with Gasteiger partial charge in [0.2, 0.25) is 0 Å². The number of nitrogens with one attached hydrogen (secondary N) is 1. The third-order valence-corrected chi connectivity index (χ3v) is 4.91. The lowest BCUT2D eigenvalue weighted by Gasteiger charge is -2.35. The fraction of sp³-hybridized carbons (Fsp3) is 0.450. The van der Waals surface area contributed by atoms with Crippen molar-refractivity contribution in [3.05, 3.63) is 42.4 Å². The first kappa shape index (κ1) is 18.2.